The van der Waals surface area contributed by atoms with E-state index >= 15 is 0 Å². The van der Waals surface area contributed by atoms with Crippen LogP contribution >= 0.6 is 0 Å². The van der Waals surface area contributed by atoms with Gasteiger partial charge in [0.25, 0.3) is 5.91 Å². The standard InChI is InChI=1S/C12H17N3O3/c1-4-15(8-10(17)14(2)3)12(18)11-9(16)6-5-7-13-11/h5-7,16H,4,8H2,1-3H3. The van der Waals surface area contributed by atoms with Gasteiger partial charge >= 0.3 is 0 Å². The van der Waals surface area contributed by atoms with Gasteiger partial charge in [-0.3, -0.25) is 9.59 Å². The molecule has 18 heavy (non-hydrogen) atoms. The molecular formula is C12H17N3O3. The molecule has 0 fully saturated rings. The van der Waals surface area contributed by atoms with Crippen molar-refractivity contribution in [1.29, 1.82) is 0 Å². The summed E-state index contributed by atoms with van der Waals surface area (Å²) in [6, 6.07) is 2.93. The van der Waals surface area contributed by atoms with E-state index in [-0.39, 0.29) is 23.9 Å². The van der Waals surface area contributed by atoms with Crippen LogP contribution in [-0.4, -0.2) is 58.9 Å². The largest absolute Gasteiger partial charge is 0.505 e. The minimum atomic E-state index is -0.453. The van der Waals surface area contributed by atoms with Crippen molar-refractivity contribution < 1.29 is 14.7 Å². The highest BCUT2D eigenvalue weighted by atomic mass is 16.3. The molecule has 0 bridgehead atoms. The lowest BCUT2D eigenvalue weighted by Crippen LogP contribution is -2.40. The van der Waals surface area contributed by atoms with Crippen molar-refractivity contribution in [3.63, 3.8) is 0 Å². The van der Waals surface area contributed by atoms with Crippen molar-refractivity contribution in [2.45, 2.75) is 6.92 Å². The number of carbonyl (C=O) groups excluding carboxylic acids is 2. The summed E-state index contributed by atoms with van der Waals surface area (Å²) < 4.78 is 0. The molecule has 0 unspecified atom stereocenters. The number of hydrogen-bond acceptors (Lipinski definition) is 4. The van der Waals surface area contributed by atoms with Gasteiger partial charge in [0.15, 0.2) is 5.69 Å². The molecule has 0 spiro atoms. The first-order valence-corrected chi connectivity index (χ1v) is 5.60. The Morgan fingerprint density at radius 3 is 2.56 bits per heavy atom. The van der Waals surface area contributed by atoms with Crippen LogP contribution in [0.4, 0.5) is 0 Å². The first-order valence-electron chi connectivity index (χ1n) is 5.60. The first kappa shape index (κ1) is 14.0. The molecule has 0 atom stereocenters. The zero-order chi connectivity index (χ0) is 13.7. The number of carbonyl (C=O) groups is 2. The summed E-state index contributed by atoms with van der Waals surface area (Å²) in [4.78, 5) is 30.3. The maximum atomic E-state index is 12.1. The van der Waals surface area contributed by atoms with Gasteiger partial charge in [0.2, 0.25) is 5.91 Å². The van der Waals surface area contributed by atoms with Crippen LogP contribution in [0.15, 0.2) is 18.3 Å². The van der Waals surface area contributed by atoms with Crippen molar-refractivity contribution in [3.05, 3.63) is 24.0 Å². The molecule has 0 radical (unpaired) electrons. The number of pyridine rings is 1. The maximum Gasteiger partial charge on any atom is 0.276 e. The van der Waals surface area contributed by atoms with Crippen LogP contribution in [0.2, 0.25) is 0 Å². The number of amides is 2. The van der Waals surface area contributed by atoms with E-state index in [1.54, 1.807) is 21.0 Å². The average Bonchev–Trinajstić information content (AvgIpc) is 2.35. The molecule has 98 valence electrons. The van der Waals surface area contributed by atoms with E-state index in [9.17, 15) is 14.7 Å². The Kier molecular flexibility index (Phi) is 4.65. The van der Waals surface area contributed by atoms with Gasteiger partial charge in [0.05, 0.1) is 0 Å². The Balaban J connectivity index is 2.87. The molecule has 1 rings (SSSR count). The molecule has 0 aromatic carbocycles. The molecule has 0 aliphatic carbocycles. The van der Waals surface area contributed by atoms with E-state index in [0.29, 0.717) is 6.54 Å². The average molecular weight is 251 g/mol. The van der Waals surface area contributed by atoms with Gasteiger partial charge in [0, 0.05) is 26.8 Å². The van der Waals surface area contributed by atoms with Gasteiger partial charge in [-0.2, -0.15) is 0 Å². The topological polar surface area (TPSA) is 73.7 Å². The number of likely N-dealkylation sites (N-methyl/N-ethyl adjacent to an activating group) is 2. The first-order chi connectivity index (χ1) is 8.47. The molecule has 0 saturated heterocycles. The zero-order valence-electron chi connectivity index (χ0n) is 10.8. The Labute approximate surface area is 106 Å². The van der Waals surface area contributed by atoms with Crippen LogP contribution in [0.5, 0.6) is 5.75 Å². The van der Waals surface area contributed by atoms with Crippen LogP contribution in [0, 0.1) is 0 Å². The molecule has 6 heteroatoms. The molecule has 1 heterocycles. The maximum absolute atomic E-state index is 12.1. The smallest absolute Gasteiger partial charge is 0.276 e. The highest BCUT2D eigenvalue weighted by Gasteiger charge is 2.21. The third-order valence-corrected chi connectivity index (χ3v) is 2.48. The molecule has 0 aliphatic heterocycles. The van der Waals surface area contributed by atoms with Crippen molar-refractivity contribution in [1.82, 2.24) is 14.8 Å². The minimum Gasteiger partial charge on any atom is -0.505 e. The van der Waals surface area contributed by atoms with Gasteiger partial charge in [-0.25, -0.2) is 4.98 Å². The normalized spacial score (nSPS) is 9.94. The highest BCUT2D eigenvalue weighted by Crippen LogP contribution is 2.14. The third kappa shape index (κ3) is 3.19. The number of rotatable bonds is 4. The fourth-order valence-corrected chi connectivity index (χ4v) is 1.34. The number of hydrogen-bond donors (Lipinski definition) is 1. The Bertz CT molecular complexity index is 446. The van der Waals surface area contributed by atoms with Crippen LogP contribution < -0.4 is 0 Å². The van der Waals surface area contributed by atoms with Gasteiger partial charge in [-0.05, 0) is 19.1 Å². The van der Waals surface area contributed by atoms with Crippen molar-refractivity contribution in [3.8, 4) is 5.75 Å². The minimum absolute atomic E-state index is 0.0294. The second kappa shape index (κ2) is 6.00. The van der Waals surface area contributed by atoms with Crippen LogP contribution in [-0.2, 0) is 4.79 Å². The van der Waals surface area contributed by atoms with Gasteiger partial charge in [-0.1, -0.05) is 0 Å². The monoisotopic (exact) mass is 251 g/mol. The quantitative estimate of drug-likeness (QED) is 0.837. The van der Waals surface area contributed by atoms with Crippen LogP contribution in [0.1, 0.15) is 17.4 Å². The van der Waals surface area contributed by atoms with Crippen LogP contribution in [0.3, 0.4) is 0 Å². The summed E-state index contributed by atoms with van der Waals surface area (Å²) in [7, 11) is 3.25. The summed E-state index contributed by atoms with van der Waals surface area (Å²) in [5.74, 6) is -0.815. The third-order valence-electron chi connectivity index (χ3n) is 2.48. The second-order valence-corrected chi connectivity index (χ2v) is 3.98. The van der Waals surface area contributed by atoms with E-state index in [2.05, 4.69) is 4.98 Å². The number of aromatic hydroxyl groups is 1. The fraction of sp³-hybridized carbons (Fsp3) is 0.417. The summed E-state index contributed by atoms with van der Waals surface area (Å²) in [5.41, 5.74) is -0.0362. The lowest BCUT2D eigenvalue weighted by atomic mass is 10.3. The predicted octanol–water partition coefficient (Wildman–Crippen LogP) is 0.337. The molecule has 0 aliphatic rings. The van der Waals surface area contributed by atoms with Crippen LogP contribution in [0.25, 0.3) is 0 Å². The molecular weight excluding hydrogens is 234 g/mol. The molecule has 6 nitrogen and oxygen atoms in total. The van der Waals surface area contributed by atoms with Gasteiger partial charge in [-0.15, -0.1) is 0 Å². The molecule has 2 amide bonds. The summed E-state index contributed by atoms with van der Waals surface area (Å²) in [6.45, 7) is 2.10. The molecule has 1 aromatic rings. The lowest BCUT2D eigenvalue weighted by molar-refractivity contribution is -0.129. The van der Waals surface area contributed by atoms with E-state index < -0.39 is 5.91 Å². The van der Waals surface area contributed by atoms with Crippen molar-refractivity contribution in [2.24, 2.45) is 0 Å². The van der Waals surface area contributed by atoms with Crippen molar-refractivity contribution >= 4 is 11.8 Å². The van der Waals surface area contributed by atoms with E-state index in [0.717, 1.165) is 0 Å². The predicted molar refractivity (Wildman–Crippen MR) is 66.2 cm³/mol. The Morgan fingerprint density at radius 2 is 2.06 bits per heavy atom. The fourth-order valence-electron chi connectivity index (χ4n) is 1.34. The SMILES string of the molecule is CCN(CC(=O)N(C)C)C(=O)c1ncccc1O. The summed E-state index contributed by atoms with van der Waals surface area (Å²) in [5, 5.41) is 9.56. The highest BCUT2D eigenvalue weighted by molar-refractivity contribution is 5.96. The second-order valence-electron chi connectivity index (χ2n) is 3.98. The molecule has 0 saturated carbocycles. The summed E-state index contributed by atoms with van der Waals surface area (Å²) >= 11 is 0. The van der Waals surface area contributed by atoms with Crippen molar-refractivity contribution in [2.75, 3.05) is 27.2 Å². The van der Waals surface area contributed by atoms with Gasteiger partial charge < -0.3 is 14.9 Å². The zero-order valence-corrected chi connectivity index (χ0v) is 10.8. The lowest BCUT2D eigenvalue weighted by Gasteiger charge is -2.22. The van der Waals surface area contributed by atoms with E-state index in [1.165, 1.54) is 28.1 Å². The Morgan fingerprint density at radius 1 is 1.39 bits per heavy atom. The van der Waals surface area contributed by atoms with Gasteiger partial charge in [0.1, 0.15) is 12.3 Å². The molecule has 1 aromatic heterocycles. The Hall–Kier alpha value is -2.11. The molecule has 1 N–H and O–H groups in total. The number of aromatic nitrogens is 1. The number of nitrogens with zero attached hydrogens (tertiary/aromatic N) is 3. The summed E-state index contributed by atoms with van der Waals surface area (Å²) in [6.07, 6.45) is 1.43. The van der Waals surface area contributed by atoms with E-state index in [1.807, 2.05) is 0 Å². The van der Waals surface area contributed by atoms with E-state index in [4.69, 9.17) is 0 Å².